The number of nitrogens with zero attached hydrogens (tertiary/aromatic N) is 1. The Labute approximate surface area is 127 Å². The van der Waals surface area contributed by atoms with Gasteiger partial charge in [0, 0.05) is 5.56 Å². The molecular weight excluding hydrogens is 262 g/mol. The lowest BCUT2D eigenvalue weighted by Gasteiger charge is -2.27. The van der Waals surface area contributed by atoms with Crippen LogP contribution in [0.15, 0.2) is 23.2 Å². The average molecular weight is 287 g/mol. The Morgan fingerprint density at radius 1 is 1.29 bits per heavy atom. The normalized spacial score (nSPS) is 17.3. The molecule has 3 nitrogen and oxygen atoms in total. The first-order valence-corrected chi connectivity index (χ1v) is 7.67. The van der Waals surface area contributed by atoms with Gasteiger partial charge in [-0.3, -0.25) is 0 Å². The van der Waals surface area contributed by atoms with Crippen molar-refractivity contribution >= 4 is 6.08 Å². The number of isocyanates is 1. The van der Waals surface area contributed by atoms with Crippen LogP contribution in [0.3, 0.4) is 0 Å². The summed E-state index contributed by atoms with van der Waals surface area (Å²) in [4.78, 5) is 15.1. The second kappa shape index (κ2) is 6.03. The van der Waals surface area contributed by atoms with Gasteiger partial charge in [0.25, 0.3) is 0 Å². The SMILES string of the molecule is COc1ccc(CC(C)(C)C)cc1C1(N=C=O)CCCC1. The molecule has 0 bridgehead atoms. The molecule has 114 valence electrons. The highest BCUT2D eigenvalue weighted by Gasteiger charge is 2.38. The van der Waals surface area contributed by atoms with Gasteiger partial charge in [-0.05, 0) is 42.4 Å². The molecular formula is C18H25NO2. The van der Waals surface area contributed by atoms with Gasteiger partial charge in [0.1, 0.15) is 11.3 Å². The molecule has 1 aromatic rings. The van der Waals surface area contributed by atoms with Crippen molar-refractivity contribution in [2.75, 3.05) is 7.11 Å². The fraction of sp³-hybridized carbons (Fsp3) is 0.611. The minimum Gasteiger partial charge on any atom is -0.496 e. The lowest BCUT2D eigenvalue weighted by molar-refractivity contribution is 0.376. The Morgan fingerprint density at radius 2 is 1.95 bits per heavy atom. The van der Waals surface area contributed by atoms with Gasteiger partial charge in [0.15, 0.2) is 0 Å². The summed E-state index contributed by atoms with van der Waals surface area (Å²) in [5.74, 6) is 0.827. The van der Waals surface area contributed by atoms with Gasteiger partial charge in [-0.25, -0.2) is 4.79 Å². The van der Waals surface area contributed by atoms with E-state index in [1.54, 1.807) is 13.2 Å². The van der Waals surface area contributed by atoms with Crippen LogP contribution in [0, 0.1) is 5.41 Å². The number of ether oxygens (including phenoxy) is 1. The molecule has 0 atom stereocenters. The highest BCUT2D eigenvalue weighted by Crippen LogP contribution is 2.46. The van der Waals surface area contributed by atoms with Crippen LogP contribution >= 0.6 is 0 Å². The molecule has 0 aromatic heterocycles. The first-order valence-electron chi connectivity index (χ1n) is 7.67. The van der Waals surface area contributed by atoms with Crippen LogP contribution in [0.25, 0.3) is 0 Å². The molecule has 1 aromatic carbocycles. The Morgan fingerprint density at radius 3 is 2.48 bits per heavy atom. The number of benzene rings is 1. The highest BCUT2D eigenvalue weighted by atomic mass is 16.5. The van der Waals surface area contributed by atoms with E-state index < -0.39 is 5.54 Å². The molecule has 3 heteroatoms. The number of rotatable bonds is 4. The van der Waals surface area contributed by atoms with E-state index in [-0.39, 0.29) is 5.41 Å². The van der Waals surface area contributed by atoms with Crippen LogP contribution in [-0.4, -0.2) is 13.2 Å². The van der Waals surface area contributed by atoms with E-state index in [1.165, 1.54) is 5.56 Å². The Hall–Kier alpha value is -1.60. The quantitative estimate of drug-likeness (QED) is 0.608. The highest BCUT2D eigenvalue weighted by molar-refractivity contribution is 5.46. The van der Waals surface area contributed by atoms with Crippen molar-refractivity contribution in [2.45, 2.75) is 58.4 Å². The van der Waals surface area contributed by atoms with E-state index in [2.05, 4.69) is 37.9 Å². The summed E-state index contributed by atoms with van der Waals surface area (Å²) in [6.45, 7) is 6.68. The molecule has 0 unspecified atom stereocenters. The summed E-state index contributed by atoms with van der Waals surface area (Å²) in [5.41, 5.74) is 2.11. The maximum atomic E-state index is 10.9. The molecule has 1 fully saturated rings. The van der Waals surface area contributed by atoms with Crippen molar-refractivity contribution in [1.82, 2.24) is 0 Å². The van der Waals surface area contributed by atoms with Gasteiger partial charge < -0.3 is 4.74 Å². The summed E-state index contributed by atoms with van der Waals surface area (Å²) in [7, 11) is 1.68. The fourth-order valence-electron chi connectivity index (χ4n) is 3.33. The molecule has 1 aliphatic rings. The van der Waals surface area contributed by atoms with Crippen LogP contribution in [0.2, 0.25) is 0 Å². The van der Waals surface area contributed by atoms with Crippen LogP contribution in [0.5, 0.6) is 5.75 Å². The standard InChI is InChI=1S/C18H25NO2/c1-17(2,3)12-14-7-8-16(21-4)15(11-14)18(19-13-20)9-5-6-10-18/h7-8,11H,5-6,9-10,12H2,1-4H3. The predicted molar refractivity (Wildman–Crippen MR) is 84.4 cm³/mol. The zero-order valence-corrected chi connectivity index (χ0v) is 13.5. The second-order valence-electron chi connectivity index (χ2n) is 7.21. The third-order valence-corrected chi connectivity index (χ3v) is 4.19. The molecule has 0 heterocycles. The lowest BCUT2D eigenvalue weighted by atomic mass is 9.83. The summed E-state index contributed by atoms with van der Waals surface area (Å²) >= 11 is 0. The predicted octanol–water partition coefficient (Wildman–Crippen LogP) is 4.39. The zero-order valence-electron chi connectivity index (χ0n) is 13.5. The first kappa shape index (κ1) is 15.8. The van der Waals surface area contributed by atoms with Crippen LogP contribution in [0.1, 0.15) is 57.6 Å². The van der Waals surface area contributed by atoms with E-state index in [0.29, 0.717) is 0 Å². The minimum absolute atomic E-state index is 0.225. The lowest BCUT2D eigenvalue weighted by Crippen LogP contribution is -2.21. The average Bonchev–Trinajstić information content (AvgIpc) is 2.87. The monoisotopic (exact) mass is 287 g/mol. The topological polar surface area (TPSA) is 38.7 Å². The number of hydrogen-bond donors (Lipinski definition) is 0. The van der Waals surface area contributed by atoms with E-state index >= 15 is 0 Å². The number of carbonyl (C=O) groups excluding carboxylic acids is 1. The van der Waals surface area contributed by atoms with Gasteiger partial charge in [-0.2, -0.15) is 4.99 Å². The van der Waals surface area contributed by atoms with E-state index in [1.807, 2.05) is 6.07 Å². The Balaban J connectivity index is 2.49. The van der Waals surface area contributed by atoms with Crippen LogP contribution in [-0.2, 0) is 16.8 Å². The molecule has 0 N–H and O–H groups in total. The van der Waals surface area contributed by atoms with Gasteiger partial charge in [-0.1, -0.05) is 39.7 Å². The van der Waals surface area contributed by atoms with E-state index in [9.17, 15) is 4.79 Å². The largest absolute Gasteiger partial charge is 0.496 e. The third-order valence-electron chi connectivity index (χ3n) is 4.19. The van der Waals surface area contributed by atoms with E-state index in [4.69, 9.17) is 4.74 Å². The molecule has 2 rings (SSSR count). The van der Waals surface area contributed by atoms with Crippen molar-refractivity contribution in [3.63, 3.8) is 0 Å². The third kappa shape index (κ3) is 3.54. The molecule has 21 heavy (non-hydrogen) atoms. The first-order chi connectivity index (χ1) is 9.90. The van der Waals surface area contributed by atoms with Gasteiger partial charge in [0.05, 0.1) is 7.11 Å². The van der Waals surface area contributed by atoms with Crippen molar-refractivity contribution in [3.05, 3.63) is 29.3 Å². The number of aliphatic imine (C=N–C) groups is 1. The summed E-state index contributed by atoms with van der Waals surface area (Å²) in [6, 6.07) is 6.30. The van der Waals surface area contributed by atoms with Gasteiger partial charge in [-0.15, -0.1) is 0 Å². The molecule has 0 amide bonds. The van der Waals surface area contributed by atoms with Crippen LogP contribution in [0.4, 0.5) is 0 Å². The van der Waals surface area contributed by atoms with E-state index in [0.717, 1.165) is 43.4 Å². The van der Waals surface area contributed by atoms with Gasteiger partial charge in [0.2, 0.25) is 6.08 Å². The van der Waals surface area contributed by atoms with Crippen molar-refractivity contribution < 1.29 is 9.53 Å². The second-order valence-corrected chi connectivity index (χ2v) is 7.21. The number of methoxy groups -OCH3 is 1. The maximum absolute atomic E-state index is 10.9. The number of hydrogen-bond acceptors (Lipinski definition) is 3. The van der Waals surface area contributed by atoms with Crippen molar-refractivity contribution in [2.24, 2.45) is 10.4 Å². The molecule has 0 aliphatic heterocycles. The van der Waals surface area contributed by atoms with Crippen molar-refractivity contribution in [1.29, 1.82) is 0 Å². The minimum atomic E-state index is -0.430. The molecule has 1 saturated carbocycles. The van der Waals surface area contributed by atoms with Gasteiger partial charge >= 0.3 is 0 Å². The molecule has 1 aliphatic carbocycles. The zero-order chi connectivity index (χ0) is 15.5. The summed E-state index contributed by atoms with van der Waals surface area (Å²) < 4.78 is 5.52. The van der Waals surface area contributed by atoms with Crippen LogP contribution < -0.4 is 4.74 Å². The fourth-order valence-corrected chi connectivity index (χ4v) is 3.33. The van der Waals surface area contributed by atoms with Crippen molar-refractivity contribution in [3.8, 4) is 5.75 Å². The Bertz CT molecular complexity index is 545. The summed E-state index contributed by atoms with van der Waals surface area (Å²) in [5, 5.41) is 0. The molecule has 0 saturated heterocycles. The maximum Gasteiger partial charge on any atom is 0.235 e. The Kier molecular flexibility index (Phi) is 4.53. The molecule has 0 radical (unpaired) electrons. The molecule has 0 spiro atoms. The summed E-state index contributed by atoms with van der Waals surface area (Å²) in [6.07, 6.45) is 6.77. The smallest absolute Gasteiger partial charge is 0.235 e.